The molecule has 0 amide bonds. The minimum atomic E-state index is 1.10. The van der Waals surface area contributed by atoms with Gasteiger partial charge in [-0.05, 0) is 49.7 Å². The molecule has 0 atom stereocenters. The molecule has 0 saturated carbocycles. The summed E-state index contributed by atoms with van der Waals surface area (Å²) in [6.45, 7) is 4.53. The Morgan fingerprint density at radius 3 is 2.00 bits per heavy atom. The van der Waals surface area contributed by atoms with Crippen LogP contribution in [0.4, 0.5) is 0 Å². The highest BCUT2D eigenvalue weighted by molar-refractivity contribution is 6.33. The molecule has 0 aliphatic carbocycles. The summed E-state index contributed by atoms with van der Waals surface area (Å²) in [6, 6.07) is 6.86. The first-order chi connectivity index (χ1) is 11.3. The first kappa shape index (κ1) is 20.0. The third-order valence-corrected chi connectivity index (χ3v) is 5.39. The first-order valence-corrected chi connectivity index (χ1v) is 10.7. The number of unbranched alkanes of at least 4 members (excludes halogenated alkanes) is 6. The molecule has 0 aliphatic heterocycles. The monoisotopic (exact) mass is 328 g/mol. The van der Waals surface area contributed by atoms with Crippen LogP contribution in [0.5, 0.6) is 0 Å². The maximum absolute atomic E-state index is 2.39. The van der Waals surface area contributed by atoms with Crippen LogP contribution in [0.2, 0.25) is 0 Å². The molecule has 0 bridgehead atoms. The highest BCUT2D eigenvalue weighted by atomic mass is 28.1. The molecular formula is C22H36Si. The summed E-state index contributed by atoms with van der Waals surface area (Å²) in [6.07, 6.45) is 22.2. The average Bonchev–Trinajstić information content (AvgIpc) is 2.56. The molecular weight excluding hydrogens is 292 g/mol. The van der Waals surface area contributed by atoms with E-state index >= 15 is 0 Å². The predicted octanol–water partition coefficient (Wildman–Crippen LogP) is 5.04. The van der Waals surface area contributed by atoms with Crippen LogP contribution in [0.1, 0.15) is 76.3 Å². The Bertz CT molecular complexity index is 471. The summed E-state index contributed by atoms with van der Waals surface area (Å²) >= 11 is 0. The number of hydrogen-bond acceptors (Lipinski definition) is 0. The van der Waals surface area contributed by atoms with Crippen molar-refractivity contribution in [3.05, 3.63) is 53.6 Å². The zero-order valence-electron chi connectivity index (χ0n) is 15.6. The van der Waals surface area contributed by atoms with Crippen LogP contribution in [-0.4, -0.2) is 10.2 Å². The zero-order valence-corrected chi connectivity index (χ0v) is 17.6. The van der Waals surface area contributed by atoms with E-state index in [0.29, 0.717) is 0 Å². The quantitative estimate of drug-likeness (QED) is 0.287. The molecule has 1 aromatic carbocycles. The number of rotatable bonds is 12. The minimum absolute atomic E-state index is 1.10. The molecule has 1 rings (SSSR count). The highest BCUT2D eigenvalue weighted by Gasteiger charge is 2.02. The second-order valence-electron chi connectivity index (χ2n) is 6.56. The van der Waals surface area contributed by atoms with Gasteiger partial charge >= 0.3 is 0 Å². The van der Waals surface area contributed by atoms with Gasteiger partial charge in [-0.1, -0.05) is 87.2 Å². The Morgan fingerprint density at radius 2 is 1.39 bits per heavy atom. The molecule has 0 nitrogen and oxygen atoms in total. The van der Waals surface area contributed by atoms with Crippen molar-refractivity contribution in [3.63, 3.8) is 0 Å². The summed E-state index contributed by atoms with van der Waals surface area (Å²) in [5.41, 5.74) is 3.12. The van der Waals surface area contributed by atoms with E-state index in [1.807, 2.05) is 0 Å². The van der Waals surface area contributed by atoms with Gasteiger partial charge in [0, 0.05) is 10.2 Å². The van der Waals surface area contributed by atoms with Gasteiger partial charge in [-0.2, -0.15) is 0 Å². The normalized spacial score (nSPS) is 11.9. The van der Waals surface area contributed by atoms with Crippen LogP contribution in [0, 0.1) is 0 Å². The van der Waals surface area contributed by atoms with Crippen LogP contribution in [0.25, 0.3) is 0 Å². The van der Waals surface area contributed by atoms with Crippen molar-refractivity contribution in [1.29, 1.82) is 0 Å². The fraction of sp³-hybridized carbons (Fsp3) is 0.545. The Labute approximate surface area is 147 Å². The van der Waals surface area contributed by atoms with Crippen LogP contribution in [0.15, 0.2) is 42.5 Å². The molecule has 128 valence electrons. The van der Waals surface area contributed by atoms with E-state index in [4.69, 9.17) is 0 Å². The lowest BCUT2D eigenvalue weighted by Crippen LogP contribution is -2.12. The molecule has 1 aromatic rings. The van der Waals surface area contributed by atoms with Gasteiger partial charge in [0.05, 0.1) is 0 Å². The smallest absolute Gasteiger partial charge is 0.0388 e. The van der Waals surface area contributed by atoms with Crippen molar-refractivity contribution in [3.8, 4) is 0 Å². The summed E-state index contributed by atoms with van der Waals surface area (Å²) in [4.78, 5) is 0. The molecule has 0 saturated heterocycles. The summed E-state index contributed by atoms with van der Waals surface area (Å²) in [5, 5.41) is 1.57. The molecule has 0 unspecified atom stereocenters. The van der Waals surface area contributed by atoms with Crippen molar-refractivity contribution >= 4 is 15.4 Å². The molecule has 0 aliphatic rings. The van der Waals surface area contributed by atoms with Gasteiger partial charge < -0.3 is 0 Å². The van der Waals surface area contributed by atoms with Crippen molar-refractivity contribution < 1.29 is 0 Å². The number of allylic oxidation sites excluding steroid dienone is 4. The van der Waals surface area contributed by atoms with Crippen LogP contribution < -0.4 is 5.19 Å². The third kappa shape index (κ3) is 8.95. The molecule has 23 heavy (non-hydrogen) atoms. The van der Waals surface area contributed by atoms with Gasteiger partial charge in [0.2, 0.25) is 0 Å². The number of benzene rings is 1. The lowest BCUT2D eigenvalue weighted by Gasteiger charge is -2.09. The zero-order chi connectivity index (χ0) is 16.8. The topological polar surface area (TPSA) is 0 Å². The Balaban J connectivity index is 2.51. The van der Waals surface area contributed by atoms with E-state index in [-0.39, 0.29) is 0 Å². The van der Waals surface area contributed by atoms with Crippen molar-refractivity contribution in [2.24, 2.45) is 0 Å². The van der Waals surface area contributed by atoms with Crippen molar-refractivity contribution in [1.82, 2.24) is 0 Å². The third-order valence-electron chi connectivity index (χ3n) is 4.45. The van der Waals surface area contributed by atoms with E-state index in [1.54, 1.807) is 10.8 Å². The number of hydrogen-bond donors (Lipinski definition) is 0. The highest BCUT2D eigenvalue weighted by Crippen LogP contribution is 2.11. The van der Waals surface area contributed by atoms with Crippen LogP contribution in [-0.2, 0) is 12.8 Å². The van der Waals surface area contributed by atoms with Gasteiger partial charge in [-0.25, -0.2) is 0 Å². The SMILES string of the molecule is CCCCCC=CCc1cccc([SiH3])c1CC=CCCCCC. The van der Waals surface area contributed by atoms with E-state index in [9.17, 15) is 0 Å². The fourth-order valence-electron chi connectivity index (χ4n) is 2.92. The van der Waals surface area contributed by atoms with Gasteiger partial charge in [0.15, 0.2) is 0 Å². The van der Waals surface area contributed by atoms with E-state index in [0.717, 1.165) is 23.1 Å². The second-order valence-corrected chi connectivity index (χ2v) is 7.63. The largest absolute Gasteiger partial charge is 0.0882 e. The van der Waals surface area contributed by atoms with Gasteiger partial charge in [-0.15, -0.1) is 0 Å². The molecule has 0 radical (unpaired) electrons. The summed E-state index contributed by atoms with van der Waals surface area (Å²) < 4.78 is 0. The fourth-order valence-corrected chi connectivity index (χ4v) is 3.64. The van der Waals surface area contributed by atoms with E-state index in [1.165, 1.54) is 56.9 Å². The van der Waals surface area contributed by atoms with Crippen molar-refractivity contribution in [2.75, 3.05) is 0 Å². The van der Waals surface area contributed by atoms with E-state index in [2.05, 4.69) is 56.4 Å². The molecule has 0 N–H and O–H groups in total. The van der Waals surface area contributed by atoms with Crippen LogP contribution >= 0.6 is 0 Å². The maximum atomic E-state index is 2.39. The first-order valence-electron chi connectivity index (χ1n) is 9.66. The lowest BCUT2D eigenvalue weighted by molar-refractivity contribution is 0.728. The molecule has 0 spiro atoms. The molecule has 0 heterocycles. The maximum Gasteiger partial charge on any atom is 0.0388 e. The summed E-state index contributed by atoms with van der Waals surface area (Å²) in [7, 11) is 1.15. The van der Waals surface area contributed by atoms with Crippen molar-refractivity contribution in [2.45, 2.75) is 78.1 Å². The van der Waals surface area contributed by atoms with Crippen LogP contribution in [0.3, 0.4) is 0 Å². The van der Waals surface area contributed by atoms with Gasteiger partial charge in [-0.3, -0.25) is 0 Å². The Morgan fingerprint density at radius 1 is 0.783 bits per heavy atom. The predicted molar refractivity (Wildman–Crippen MR) is 110 cm³/mol. The second kappa shape index (κ2) is 13.4. The molecule has 0 aromatic heterocycles. The van der Waals surface area contributed by atoms with E-state index < -0.39 is 0 Å². The van der Waals surface area contributed by atoms with Gasteiger partial charge in [0.25, 0.3) is 0 Å². The minimum Gasteiger partial charge on any atom is -0.0882 e. The molecule has 1 heteroatoms. The Hall–Kier alpha value is -1.08. The Kier molecular flexibility index (Phi) is 11.6. The molecule has 0 fully saturated rings. The standard InChI is InChI=1S/C22H36Si/c1-3-5-7-9-11-13-16-20-17-15-19-22(23)21(20)18-14-12-10-8-6-4-2/h11-15,17,19H,3-10,16,18H2,1-2,23H3. The summed E-state index contributed by atoms with van der Waals surface area (Å²) in [5.74, 6) is 0. The lowest BCUT2D eigenvalue weighted by atomic mass is 10.0. The van der Waals surface area contributed by atoms with Gasteiger partial charge in [0.1, 0.15) is 0 Å². The average molecular weight is 329 g/mol.